The average Bonchev–Trinajstić information content (AvgIpc) is 2.79. The Morgan fingerprint density at radius 3 is 2.65 bits per heavy atom. The largest absolute Gasteiger partial charge is 0.481 e. The molecule has 0 aliphatic rings. The molecule has 0 aromatic carbocycles. The van der Waals surface area contributed by atoms with E-state index in [0.717, 1.165) is 36.6 Å². The number of anilines is 1. The molecule has 0 radical (unpaired) electrons. The molecule has 0 amide bonds. The molecule has 1 aromatic rings. The van der Waals surface area contributed by atoms with Crippen LogP contribution in [-0.2, 0) is 11.2 Å². The van der Waals surface area contributed by atoms with Gasteiger partial charge in [-0.15, -0.1) is 11.3 Å². The van der Waals surface area contributed by atoms with Crippen molar-refractivity contribution in [3.8, 4) is 0 Å². The van der Waals surface area contributed by atoms with Crippen LogP contribution in [0.4, 0.5) is 5.13 Å². The van der Waals surface area contributed by atoms with Crippen LogP contribution >= 0.6 is 11.3 Å². The van der Waals surface area contributed by atoms with Crippen molar-refractivity contribution in [3.05, 3.63) is 11.1 Å². The molecule has 0 fully saturated rings. The lowest BCUT2D eigenvalue weighted by Gasteiger charge is -2.30. The Bertz CT molecular complexity index is 424. The Hall–Kier alpha value is -1.10. The fraction of sp³-hybridized carbons (Fsp3) is 0.733. The highest BCUT2D eigenvalue weighted by Gasteiger charge is 2.24. The number of carbonyl (C=O) groups is 1. The number of hydrogen-bond donors (Lipinski definition) is 2. The van der Waals surface area contributed by atoms with E-state index in [1.54, 1.807) is 11.3 Å². The van der Waals surface area contributed by atoms with Crippen LogP contribution in [0.25, 0.3) is 0 Å². The van der Waals surface area contributed by atoms with Crippen LogP contribution in [0.15, 0.2) is 5.38 Å². The van der Waals surface area contributed by atoms with Gasteiger partial charge in [-0.1, -0.05) is 27.7 Å². The van der Waals surface area contributed by atoms with Crippen LogP contribution in [0, 0.1) is 11.3 Å². The van der Waals surface area contributed by atoms with E-state index in [0.29, 0.717) is 5.92 Å². The molecule has 2 N–H and O–H groups in total. The van der Waals surface area contributed by atoms with Crippen molar-refractivity contribution in [2.24, 2.45) is 11.3 Å². The Kier molecular flexibility index (Phi) is 6.46. The number of thiazole rings is 1. The highest BCUT2D eigenvalue weighted by molar-refractivity contribution is 7.13. The van der Waals surface area contributed by atoms with Gasteiger partial charge in [0.2, 0.25) is 0 Å². The topological polar surface area (TPSA) is 62.2 Å². The molecule has 0 saturated carbocycles. The summed E-state index contributed by atoms with van der Waals surface area (Å²) in [6, 6.07) is 0. The number of aromatic nitrogens is 1. The Balaban J connectivity index is 2.43. The molecule has 1 atom stereocenters. The SMILES string of the molecule is CCc1csc(NCCC(CCC(=O)O)C(C)(C)C)n1. The van der Waals surface area contributed by atoms with Gasteiger partial charge in [-0.05, 0) is 30.6 Å². The molecule has 1 rings (SSSR count). The zero-order valence-electron chi connectivity index (χ0n) is 12.9. The highest BCUT2D eigenvalue weighted by Crippen LogP contribution is 2.32. The lowest BCUT2D eigenvalue weighted by Crippen LogP contribution is -2.24. The van der Waals surface area contributed by atoms with Crippen LogP contribution in [0.3, 0.4) is 0 Å². The summed E-state index contributed by atoms with van der Waals surface area (Å²) in [5.41, 5.74) is 1.25. The third-order valence-corrected chi connectivity index (χ3v) is 4.46. The minimum absolute atomic E-state index is 0.134. The van der Waals surface area contributed by atoms with Crippen molar-refractivity contribution in [1.29, 1.82) is 0 Å². The molecule has 0 bridgehead atoms. The molecule has 5 heteroatoms. The monoisotopic (exact) mass is 298 g/mol. The zero-order valence-corrected chi connectivity index (χ0v) is 13.7. The molecule has 114 valence electrons. The van der Waals surface area contributed by atoms with Gasteiger partial charge in [-0.3, -0.25) is 4.79 Å². The second-order valence-corrected chi connectivity index (χ2v) is 7.07. The van der Waals surface area contributed by atoms with Crippen LogP contribution in [0.2, 0.25) is 0 Å². The molecule has 4 nitrogen and oxygen atoms in total. The van der Waals surface area contributed by atoms with E-state index in [-0.39, 0.29) is 11.8 Å². The zero-order chi connectivity index (χ0) is 15.2. The third kappa shape index (κ3) is 5.90. The van der Waals surface area contributed by atoms with Gasteiger partial charge in [0.25, 0.3) is 0 Å². The van der Waals surface area contributed by atoms with E-state index in [1.807, 2.05) is 0 Å². The number of rotatable bonds is 8. The Morgan fingerprint density at radius 1 is 1.45 bits per heavy atom. The molecule has 0 spiro atoms. The summed E-state index contributed by atoms with van der Waals surface area (Å²) < 4.78 is 0. The minimum atomic E-state index is -0.709. The molecule has 0 saturated heterocycles. The third-order valence-electron chi connectivity index (χ3n) is 3.61. The quantitative estimate of drug-likeness (QED) is 0.760. The van der Waals surface area contributed by atoms with Gasteiger partial charge in [-0.25, -0.2) is 4.98 Å². The molecular formula is C15H26N2O2S. The standard InChI is InChI=1S/C15H26N2O2S/c1-5-12-10-20-14(17-12)16-9-8-11(15(2,3)4)6-7-13(18)19/h10-11H,5-9H2,1-4H3,(H,16,17)(H,18,19). The summed E-state index contributed by atoms with van der Waals surface area (Å²) in [5.74, 6) is -0.309. The lowest BCUT2D eigenvalue weighted by atomic mass is 9.76. The number of aliphatic carboxylic acids is 1. The first-order valence-corrected chi connectivity index (χ1v) is 8.11. The predicted octanol–water partition coefficient (Wildman–Crippen LogP) is 4.03. The second-order valence-electron chi connectivity index (χ2n) is 6.21. The second kappa shape index (κ2) is 7.62. The van der Waals surface area contributed by atoms with E-state index < -0.39 is 5.97 Å². The lowest BCUT2D eigenvalue weighted by molar-refractivity contribution is -0.137. The first-order valence-electron chi connectivity index (χ1n) is 7.23. The molecular weight excluding hydrogens is 272 g/mol. The van der Waals surface area contributed by atoms with Gasteiger partial charge in [0, 0.05) is 18.3 Å². The van der Waals surface area contributed by atoms with Crippen molar-refractivity contribution in [1.82, 2.24) is 4.98 Å². The van der Waals surface area contributed by atoms with Gasteiger partial charge >= 0.3 is 5.97 Å². The van der Waals surface area contributed by atoms with Crippen molar-refractivity contribution < 1.29 is 9.90 Å². The number of carboxylic acid groups (broad SMARTS) is 1. The summed E-state index contributed by atoms with van der Waals surface area (Å²) in [6.45, 7) is 9.48. The van der Waals surface area contributed by atoms with Gasteiger partial charge in [-0.2, -0.15) is 0 Å². The maximum absolute atomic E-state index is 10.7. The number of nitrogens with zero attached hydrogens (tertiary/aromatic N) is 1. The summed E-state index contributed by atoms with van der Waals surface area (Å²) in [6.07, 6.45) is 2.91. The Morgan fingerprint density at radius 2 is 2.15 bits per heavy atom. The maximum atomic E-state index is 10.7. The summed E-state index contributed by atoms with van der Waals surface area (Å²) in [7, 11) is 0. The number of carboxylic acids is 1. The summed E-state index contributed by atoms with van der Waals surface area (Å²) in [5, 5.41) is 15.2. The fourth-order valence-corrected chi connectivity index (χ4v) is 3.03. The summed E-state index contributed by atoms with van der Waals surface area (Å²) in [4.78, 5) is 15.2. The first kappa shape index (κ1) is 17.0. The van der Waals surface area contributed by atoms with Crippen LogP contribution in [0.5, 0.6) is 0 Å². The number of hydrogen-bond acceptors (Lipinski definition) is 4. The Labute approximate surface area is 125 Å². The van der Waals surface area contributed by atoms with E-state index in [1.165, 1.54) is 0 Å². The predicted molar refractivity (Wildman–Crippen MR) is 84.4 cm³/mol. The van der Waals surface area contributed by atoms with E-state index >= 15 is 0 Å². The van der Waals surface area contributed by atoms with Crippen molar-refractivity contribution in [2.45, 2.75) is 53.4 Å². The average molecular weight is 298 g/mol. The van der Waals surface area contributed by atoms with Crippen LogP contribution < -0.4 is 5.32 Å². The van der Waals surface area contributed by atoms with Crippen molar-refractivity contribution >= 4 is 22.4 Å². The summed E-state index contributed by atoms with van der Waals surface area (Å²) >= 11 is 1.64. The molecule has 1 aromatic heterocycles. The molecule has 0 aliphatic heterocycles. The molecule has 1 heterocycles. The van der Waals surface area contributed by atoms with Gasteiger partial charge < -0.3 is 10.4 Å². The van der Waals surface area contributed by atoms with Gasteiger partial charge in [0.1, 0.15) is 0 Å². The van der Waals surface area contributed by atoms with E-state index in [4.69, 9.17) is 5.11 Å². The van der Waals surface area contributed by atoms with E-state index in [2.05, 4.69) is 43.4 Å². The van der Waals surface area contributed by atoms with Crippen molar-refractivity contribution in [3.63, 3.8) is 0 Å². The normalized spacial score (nSPS) is 13.2. The maximum Gasteiger partial charge on any atom is 0.303 e. The van der Waals surface area contributed by atoms with Gasteiger partial charge in [0.15, 0.2) is 5.13 Å². The fourth-order valence-electron chi connectivity index (χ4n) is 2.21. The first-order chi connectivity index (χ1) is 9.32. The smallest absolute Gasteiger partial charge is 0.303 e. The number of nitrogens with one attached hydrogen (secondary N) is 1. The molecule has 20 heavy (non-hydrogen) atoms. The number of aryl methyl sites for hydroxylation is 1. The van der Waals surface area contributed by atoms with E-state index in [9.17, 15) is 4.79 Å². The van der Waals surface area contributed by atoms with Crippen LogP contribution in [0.1, 0.15) is 52.7 Å². The molecule has 0 aliphatic carbocycles. The minimum Gasteiger partial charge on any atom is -0.481 e. The highest BCUT2D eigenvalue weighted by atomic mass is 32.1. The van der Waals surface area contributed by atoms with Crippen molar-refractivity contribution in [2.75, 3.05) is 11.9 Å². The molecule has 1 unspecified atom stereocenters. The van der Waals surface area contributed by atoms with Crippen LogP contribution in [-0.4, -0.2) is 22.6 Å². The van der Waals surface area contributed by atoms with Gasteiger partial charge in [0.05, 0.1) is 5.69 Å².